The molecule has 28 valence electrons. The van der Waals surface area contributed by atoms with Gasteiger partial charge >= 0.3 is 37.7 Å². The Morgan fingerprint density at radius 1 is 1.40 bits per heavy atom. The molecule has 4 heteroatoms. The molecule has 0 radical (unpaired) electrons. The van der Waals surface area contributed by atoms with Crippen LogP contribution in [0.1, 0.15) is 2.85 Å². The molecular formula is CH9AlCaOTi. The molecule has 5 heavy (non-hydrogen) atoms. The molecule has 1 N–H and O–H groups in total. The number of hydrogen-bond donors (Lipinski definition) is 1. The van der Waals surface area contributed by atoms with Gasteiger partial charge in [0.25, 0.3) is 0 Å². The smallest absolute Gasteiger partial charge is 1.00 e. The summed E-state index contributed by atoms with van der Waals surface area (Å²) in [5, 5.41) is 7.00. The minimum Gasteiger partial charge on any atom is -1.00 e. The zero-order valence-electron chi connectivity index (χ0n) is 4.65. The predicted molar refractivity (Wildman–Crippen MR) is 26.1 cm³/mol. The zero-order valence-corrected chi connectivity index (χ0v) is 6.42. The Morgan fingerprint density at radius 2 is 1.40 bits per heavy atom. The van der Waals surface area contributed by atoms with Crippen LogP contribution in [0.15, 0.2) is 0 Å². The van der Waals surface area contributed by atoms with Crippen molar-refractivity contribution in [2.75, 3.05) is 7.11 Å². The van der Waals surface area contributed by atoms with E-state index in [1.165, 1.54) is 0 Å². The molecular weight excluding hydrogens is 143 g/mol. The summed E-state index contributed by atoms with van der Waals surface area (Å²) in [5.74, 6) is 0. The van der Waals surface area contributed by atoms with E-state index in [9.17, 15) is 0 Å². The molecule has 0 spiro atoms. The van der Waals surface area contributed by atoms with Crippen molar-refractivity contribution < 1.29 is 29.7 Å². The third kappa shape index (κ3) is 21.2. The van der Waals surface area contributed by atoms with Crippen LogP contribution in [0.3, 0.4) is 0 Å². The number of aliphatic hydroxyl groups is 1. The van der Waals surface area contributed by atoms with Crippen molar-refractivity contribution in [1.29, 1.82) is 0 Å². The molecule has 0 amide bonds. The van der Waals surface area contributed by atoms with E-state index in [4.69, 9.17) is 5.11 Å². The Balaban J connectivity index is -0.000000000500. The first-order chi connectivity index (χ1) is 1.00. The summed E-state index contributed by atoms with van der Waals surface area (Å²) < 4.78 is 0. The molecule has 0 aliphatic heterocycles. The van der Waals surface area contributed by atoms with Gasteiger partial charge in [-0.3, -0.25) is 0 Å². The Bertz CT molecular complexity index is 17.7. The van der Waals surface area contributed by atoms with Crippen molar-refractivity contribution in [3.05, 3.63) is 0 Å². The van der Waals surface area contributed by atoms with E-state index in [0.29, 0.717) is 0 Å². The SMILES string of the molecule is CO.[AlH3].[Ca+2].[H-].[H-].[Ti]. The van der Waals surface area contributed by atoms with Gasteiger partial charge in [-0.2, -0.15) is 0 Å². The van der Waals surface area contributed by atoms with E-state index in [1.54, 1.807) is 0 Å². The normalized spacial score (nSPS) is 1.20. The van der Waals surface area contributed by atoms with E-state index in [2.05, 4.69) is 0 Å². The van der Waals surface area contributed by atoms with Crippen molar-refractivity contribution in [1.82, 2.24) is 0 Å². The van der Waals surface area contributed by atoms with Crippen LogP contribution in [0.4, 0.5) is 0 Å². The quantitative estimate of drug-likeness (QED) is 0.409. The Kier molecular flexibility index (Phi) is 165. The average Bonchev–Trinajstić information content (AvgIpc) is 1.00. The maximum absolute atomic E-state index is 7.00. The molecule has 0 saturated carbocycles. The number of aliphatic hydroxyl groups excluding tert-OH is 1. The first kappa shape index (κ1) is 26.0. The van der Waals surface area contributed by atoms with Crippen LogP contribution in [0, 0.1) is 0 Å². The third-order valence-corrected chi connectivity index (χ3v) is 0. The zero-order chi connectivity index (χ0) is 2.00. The van der Waals surface area contributed by atoms with Gasteiger partial charge in [0.1, 0.15) is 0 Å². The molecule has 0 heterocycles. The largest absolute Gasteiger partial charge is 2.00 e. The maximum Gasteiger partial charge on any atom is 2.00 e. The van der Waals surface area contributed by atoms with Crippen molar-refractivity contribution in [3.63, 3.8) is 0 Å². The summed E-state index contributed by atoms with van der Waals surface area (Å²) >= 11 is 0. The summed E-state index contributed by atoms with van der Waals surface area (Å²) in [6.07, 6.45) is 0. The Hall–Kier alpha value is 2.47. The summed E-state index contributed by atoms with van der Waals surface area (Å²) in [6.45, 7) is 0. The molecule has 0 aliphatic carbocycles. The van der Waals surface area contributed by atoms with E-state index in [-0.39, 0.29) is 79.7 Å². The van der Waals surface area contributed by atoms with Crippen LogP contribution in [0.2, 0.25) is 0 Å². The Morgan fingerprint density at radius 3 is 1.40 bits per heavy atom. The molecule has 0 unspecified atom stereocenters. The molecule has 0 aromatic heterocycles. The number of hydrogen-bond acceptors (Lipinski definition) is 1. The van der Waals surface area contributed by atoms with Gasteiger partial charge in [-0.05, 0) is 0 Å². The molecule has 0 saturated heterocycles. The minimum absolute atomic E-state index is 0. The fraction of sp³-hybridized carbons (Fsp3) is 1.00. The first-order valence-electron chi connectivity index (χ1n) is 0.447. The summed E-state index contributed by atoms with van der Waals surface area (Å²) in [5.41, 5.74) is 0. The van der Waals surface area contributed by atoms with Gasteiger partial charge in [0.05, 0.1) is 0 Å². The second kappa shape index (κ2) is 31.8. The molecule has 0 aromatic rings. The van der Waals surface area contributed by atoms with Crippen LogP contribution >= 0.6 is 0 Å². The fourth-order valence-electron chi connectivity index (χ4n) is 0. The average molecular weight is 152 g/mol. The van der Waals surface area contributed by atoms with Crippen molar-refractivity contribution in [2.24, 2.45) is 0 Å². The molecule has 0 aromatic carbocycles. The minimum atomic E-state index is 0. The monoisotopic (exact) mass is 152 g/mol. The standard InChI is InChI=1S/CH4O.Al.Ca.Ti.5H/c1-2;;;;;;;;/h2H,1H3;;;;;;;;/q;;+2;;;;;2*-1. The second-order valence-electron chi connectivity index (χ2n) is 0. The molecule has 0 atom stereocenters. The molecule has 0 bridgehead atoms. The Labute approximate surface area is 90.5 Å². The van der Waals surface area contributed by atoms with E-state index in [1.807, 2.05) is 0 Å². The van der Waals surface area contributed by atoms with Gasteiger partial charge in [0.2, 0.25) is 0 Å². The van der Waals surface area contributed by atoms with Crippen molar-refractivity contribution >= 4 is 55.1 Å². The van der Waals surface area contributed by atoms with Gasteiger partial charge in [-0.1, -0.05) is 0 Å². The third-order valence-electron chi connectivity index (χ3n) is 0. The van der Waals surface area contributed by atoms with Gasteiger partial charge in [0, 0.05) is 28.8 Å². The van der Waals surface area contributed by atoms with Gasteiger partial charge in [-0.25, -0.2) is 0 Å². The van der Waals surface area contributed by atoms with Crippen LogP contribution in [0.25, 0.3) is 0 Å². The maximum atomic E-state index is 7.00. The van der Waals surface area contributed by atoms with E-state index in [0.717, 1.165) is 7.11 Å². The molecule has 1 nitrogen and oxygen atoms in total. The summed E-state index contributed by atoms with van der Waals surface area (Å²) in [6, 6.07) is 0. The van der Waals surface area contributed by atoms with Crippen LogP contribution in [-0.4, -0.2) is 67.3 Å². The fourth-order valence-corrected chi connectivity index (χ4v) is 0. The van der Waals surface area contributed by atoms with Gasteiger partial charge in [0.15, 0.2) is 17.4 Å². The van der Waals surface area contributed by atoms with E-state index >= 15 is 0 Å². The van der Waals surface area contributed by atoms with Crippen LogP contribution < -0.4 is 0 Å². The molecule has 0 fully saturated rings. The number of rotatable bonds is 0. The first-order valence-corrected chi connectivity index (χ1v) is 0.447. The predicted octanol–water partition coefficient (Wildman–Crippen LogP) is -1.73. The molecule has 0 aliphatic rings. The van der Waals surface area contributed by atoms with Gasteiger partial charge < -0.3 is 7.96 Å². The summed E-state index contributed by atoms with van der Waals surface area (Å²) in [7, 11) is 1.00. The second-order valence-corrected chi connectivity index (χ2v) is 0. The van der Waals surface area contributed by atoms with E-state index < -0.39 is 0 Å². The molecule has 0 rings (SSSR count). The topological polar surface area (TPSA) is 20.2 Å². The summed E-state index contributed by atoms with van der Waals surface area (Å²) in [4.78, 5) is 0. The van der Waals surface area contributed by atoms with Gasteiger partial charge in [-0.15, -0.1) is 0 Å². The van der Waals surface area contributed by atoms with Crippen LogP contribution in [-0.2, 0) is 21.7 Å². The van der Waals surface area contributed by atoms with Crippen molar-refractivity contribution in [3.8, 4) is 0 Å². The van der Waals surface area contributed by atoms with Crippen LogP contribution in [0.5, 0.6) is 0 Å². The van der Waals surface area contributed by atoms with Crippen molar-refractivity contribution in [2.45, 2.75) is 0 Å².